The van der Waals surface area contributed by atoms with Crippen molar-refractivity contribution >= 4 is 23.3 Å². The van der Waals surface area contributed by atoms with Gasteiger partial charge < -0.3 is 15.4 Å². The van der Waals surface area contributed by atoms with Gasteiger partial charge in [-0.1, -0.05) is 13.3 Å². The molecule has 0 saturated heterocycles. The minimum absolute atomic E-state index is 0.0298. The maximum Gasteiger partial charge on any atom is 0.337 e. The lowest BCUT2D eigenvalue weighted by molar-refractivity contribution is -0.139. The van der Waals surface area contributed by atoms with Gasteiger partial charge in [0.25, 0.3) is 0 Å². The molecule has 0 radical (unpaired) electrons. The molecular formula is C11H18N2O2S. The van der Waals surface area contributed by atoms with Gasteiger partial charge >= 0.3 is 5.97 Å². The standard InChI is InChI=1S/C11H18N2O2S/c1-4-6-8-9(10(14)15-5-2)7(3)12-11(16)13-8/h8H,4-6H2,1-3H3,(H2,12,13,16)/t8-/m0/s1. The second-order valence-corrected chi connectivity index (χ2v) is 4.11. The number of nitrogens with one attached hydrogen (secondary N) is 2. The third kappa shape index (κ3) is 2.95. The van der Waals surface area contributed by atoms with Crippen LogP contribution in [0.2, 0.25) is 0 Å². The minimum atomic E-state index is -0.263. The van der Waals surface area contributed by atoms with Crippen LogP contribution in [0.4, 0.5) is 0 Å². The molecule has 1 aliphatic rings. The van der Waals surface area contributed by atoms with Gasteiger partial charge in [-0.2, -0.15) is 0 Å². The first-order chi connectivity index (χ1) is 7.60. The predicted octanol–water partition coefficient (Wildman–Crippen LogP) is 1.47. The Morgan fingerprint density at radius 3 is 2.75 bits per heavy atom. The summed E-state index contributed by atoms with van der Waals surface area (Å²) in [7, 11) is 0. The van der Waals surface area contributed by atoms with Crippen LogP contribution in [-0.4, -0.2) is 23.7 Å². The normalized spacial score (nSPS) is 20.2. The van der Waals surface area contributed by atoms with E-state index in [2.05, 4.69) is 17.6 Å². The summed E-state index contributed by atoms with van der Waals surface area (Å²) < 4.78 is 5.04. The Hall–Kier alpha value is -1.10. The molecule has 1 rings (SSSR count). The summed E-state index contributed by atoms with van der Waals surface area (Å²) in [5, 5.41) is 6.63. The Labute approximate surface area is 101 Å². The Balaban J connectivity index is 2.92. The fourth-order valence-electron chi connectivity index (χ4n) is 1.77. The van der Waals surface area contributed by atoms with Crippen molar-refractivity contribution in [3.05, 3.63) is 11.3 Å². The number of carbonyl (C=O) groups is 1. The monoisotopic (exact) mass is 242 g/mol. The van der Waals surface area contributed by atoms with Gasteiger partial charge in [0, 0.05) is 5.70 Å². The Bertz CT molecular complexity index is 326. The van der Waals surface area contributed by atoms with E-state index in [-0.39, 0.29) is 12.0 Å². The number of rotatable bonds is 4. The zero-order valence-electron chi connectivity index (χ0n) is 9.92. The fourth-order valence-corrected chi connectivity index (χ4v) is 2.07. The fraction of sp³-hybridized carbons (Fsp3) is 0.636. The van der Waals surface area contributed by atoms with E-state index in [9.17, 15) is 4.79 Å². The molecular weight excluding hydrogens is 224 g/mol. The molecule has 0 aliphatic carbocycles. The summed E-state index contributed by atoms with van der Waals surface area (Å²) in [5.41, 5.74) is 1.46. The van der Waals surface area contributed by atoms with E-state index in [4.69, 9.17) is 17.0 Å². The maximum atomic E-state index is 11.8. The molecule has 1 heterocycles. The van der Waals surface area contributed by atoms with Gasteiger partial charge in [-0.25, -0.2) is 4.79 Å². The van der Waals surface area contributed by atoms with Crippen LogP contribution in [0.3, 0.4) is 0 Å². The van der Waals surface area contributed by atoms with Crippen molar-refractivity contribution in [2.45, 2.75) is 39.7 Å². The summed E-state index contributed by atoms with van der Waals surface area (Å²) in [5.74, 6) is -0.263. The molecule has 0 aromatic rings. The van der Waals surface area contributed by atoms with Crippen molar-refractivity contribution in [3.8, 4) is 0 Å². The molecule has 0 aromatic carbocycles. The summed E-state index contributed by atoms with van der Waals surface area (Å²) in [4.78, 5) is 11.8. The van der Waals surface area contributed by atoms with Gasteiger partial charge in [-0.3, -0.25) is 0 Å². The number of carbonyl (C=O) groups excluding carboxylic acids is 1. The number of esters is 1. The van der Waals surface area contributed by atoms with Gasteiger partial charge in [0.2, 0.25) is 0 Å². The average Bonchev–Trinajstić information content (AvgIpc) is 2.17. The summed E-state index contributed by atoms with van der Waals surface area (Å²) in [6, 6.07) is -0.0298. The van der Waals surface area contributed by atoms with Gasteiger partial charge in [0.15, 0.2) is 5.11 Å². The van der Waals surface area contributed by atoms with Gasteiger partial charge in [-0.15, -0.1) is 0 Å². The second kappa shape index (κ2) is 5.84. The van der Waals surface area contributed by atoms with Crippen molar-refractivity contribution in [1.29, 1.82) is 0 Å². The van der Waals surface area contributed by atoms with Gasteiger partial charge in [0.05, 0.1) is 18.2 Å². The van der Waals surface area contributed by atoms with Crippen LogP contribution in [0.25, 0.3) is 0 Å². The summed E-state index contributed by atoms with van der Waals surface area (Å²) >= 11 is 5.07. The van der Waals surface area contributed by atoms with Crippen LogP contribution in [0, 0.1) is 0 Å². The highest BCUT2D eigenvalue weighted by atomic mass is 32.1. The molecule has 1 aliphatic heterocycles. The zero-order chi connectivity index (χ0) is 12.1. The van der Waals surface area contributed by atoms with E-state index >= 15 is 0 Å². The lowest BCUT2D eigenvalue weighted by Gasteiger charge is -2.29. The first-order valence-electron chi connectivity index (χ1n) is 5.55. The van der Waals surface area contributed by atoms with Crippen LogP contribution < -0.4 is 10.6 Å². The van der Waals surface area contributed by atoms with Crippen molar-refractivity contribution in [3.63, 3.8) is 0 Å². The van der Waals surface area contributed by atoms with E-state index in [0.717, 1.165) is 18.5 Å². The lowest BCUT2D eigenvalue weighted by atomic mass is 9.99. The molecule has 0 saturated carbocycles. The topological polar surface area (TPSA) is 50.4 Å². The molecule has 0 unspecified atom stereocenters. The predicted molar refractivity (Wildman–Crippen MR) is 66.9 cm³/mol. The van der Waals surface area contributed by atoms with Crippen LogP contribution in [0.15, 0.2) is 11.3 Å². The van der Waals surface area contributed by atoms with Crippen molar-refractivity contribution in [2.75, 3.05) is 6.61 Å². The van der Waals surface area contributed by atoms with Crippen LogP contribution in [0.1, 0.15) is 33.6 Å². The minimum Gasteiger partial charge on any atom is -0.463 e. The second-order valence-electron chi connectivity index (χ2n) is 3.70. The molecule has 2 N–H and O–H groups in total. The van der Waals surface area contributed by atoms with Crippen molar-refractivity contribution < 1.29 is 9.53 Å². The third-order valence-corrected chi connectivity index (χ3v) is 2.65. The smallest absolute Gasteiger partial charge is 0.337 e. The van der Waals surface area contributed by atoms with Crippen LogP contribution >= 0.6 is 12.2 Å². The molecule has 90 valence electrons. The molecule has 5 heteroatoms. The zero-order valence-corrected chi connectivity index (χ0v) is 10.7. The molecule has 4 nitrogen and oxygen atoms in total. The molecule has 0 fully saturated rings. The van der Waals surface area contributed by atoms with Gasteiger partial charge in [0.1, 0.15) is 0 Å². The maximum absolute atomic E-state index is 11.8. The van der Waals surface area contributed by atoms with E-state index < -0.39 is 0 Å². The quantitative estimate of drug-likeness (QED) is 0.577. The molecule has 0 amide bonds. The summed E-state index contributed by atoms with van der Waals surface area (Å²) in [6.45, 7) is 6.11. The highest BCUT2D eigenvalue weighted by molar-refractivity contribution is 7.80. The van der Waals surface area contributed by atoms with Crippen LogP contribution in [0.5, 0.6) is 0 Å². The SMILES string of the molecule is CCC[C@@H]1NC(=S)NC(C)=C1C(=O)OCC. The number of hydrogen-bond acceptors (Lipinski definition) is 3. The number of ether oxygens (including phenoxy) is 1. The first-order valence-corrected chi connectivity index (χ1v) is 5.96. The Kier molecular flexibility index (Phi) is 4.73. The van der Waals surface area contributed by atoms with Crippen LogP contribution in [-0.2, 0) is 9.53 Å². The van der Waals surface area contributed by atoms with E-state index in [1.807, 2.05) is 6.92 Å². The first kappa shape index (κ1) is 13.0. The molecule has 0 spiro atoms. The highest BCUT2D eigenvalue weighted by Gasteiger charge is 2.28. The summed E-state index contributed by atoms with van der Waals surface area (Å²) in [6.07, 6.45) is 1.85. The Morgan fingerprint density at radius 2 is 2.19 bits per heavy atom. The lowest BCUT2D eigenvalue weighted by Crippen LogP contribution is -2.49. The van der Waals surface area contributed by atoms with Crippen molar-refractivity contribution in [1.82, 2.24) is 10.6 Å². The molecule has 1 atom stereocenters. The highest BCUT2D eigenvalue weighted by Crippen LogP contribution is 2.17. The molecule has 0 bridgehead atoms. The van der Waals surface area contributed by atoms with E-state index in [1.165, 1.54) is 0 Å². The largest absolute Gasteiger partial charge is 0.463 e. The number of thiocarbonyl (C=S) groups is 1. The van der Waals surface area contributed by atoms with E-state index in [1.54, 1.807) is 6.92 Å². The number of hydrogen-bond donors (Lipinski definition) is 2. The van der Waals surface area contributed by atoms with Gasteiger partial charge in [-0.05, 0) is 32.5 Å². The number of allylic oxidation sites excluding steroid dienone is 1. The average molecular weight is 242 g/mol. The van der Waals surface area contributed by atoms with Crippen molar-refractivity contribution in [2.24, 2.45) is 0 Å². The third-order valence-electron chi connectivity index (χ3n) is 2.43. The molecule has 0 aromatic heterocycles. The Morgan fingerprint density at radius 1 is 1.50 bits per heavy atom. The molecule has 16 heavy (non-hydrogen) atoms. The van der Waals surface area contributed by atoms with E-state index in [0.29, 0.717) is 17.3 Å².